The number of rotatable bonds is 8. The molecule has 1 saturated heterocycles. The molecule has 162 valence electrons. The molecule has 0 radical (unpaired) electrons. The van der Waals surface area contributed by atoms with Crippen molar-refractivity contribution in [2.24, 2.45) is 4.99 Å². The molecular weight excluding hydrogens is 376 g/mol. The number of hydrogen-bond donors (Lipinski definition) is 2. The molecule has 30 heavy (non-hydrogen) atoms. The number of aliphatic imine (C=N–C) groups is 1. The van der Waals surface area contributed by atoms with E-state index in [-0.39, 0.29) is 0 Å². The number of aryl methyl sites for hydroxylation is 1. The van der Waals surface area contributed by atoms with Crippen molar-refractivity contribution >= 4 is 5.96 Å². The van der Waals surface area contributed by atoms with Crippen molar-refractivity contribution in [1.82, 2.24) is 15.5 Å². The third-order valence-electron chi connectivity index (χ3n) is 5.17. The van der Waals surface area contributed by atoms with Gasteiger partial charge >= 0.3 is 0 Å². The molecule has 0 aliphatic carbocycles. The summed E-state index contributed by atoms with van der Waals surface area (Å²) in [5.74, 6) is 1.69. The standard InChI is InChI=1S/C24H34N4O2/c1-4-25-24(26-16-20-13-19(2)14-23(15-20)29-3)27-17-21-7-5-6-8-22(21)18-28-9-11-30-12-10-28/h5-8,13-15H,4,9-12,16-18H2,1-3H3,(H2,25,26,27). The van der Waals surface area contributed by atoms with Crippen LogP contribution in [0.25, 0.3) is 0 Å². The van der Waals surface area contributed by atoms with Gasteiger partial charge in [-0.2, -0.15) is 0 Å². The highest BCUT2D eigenvalue weighted by atomic mass is 16.5. The lowest BCUT2D eigenvalue weighted by Crippen LogP contribution is -2.38. The smallest absolute Gasteiger partial charge is 0.191 e. The second-order valence-corrected chi connectivity index (χ2v) is 7.56. The summed E-state index contributed by atoms with van der Waals surface area (Å²) in [5, 5.41) is 6.84. The van der Waals surface area contributed by atoms with Gasteiger partial charge in [0.1, 0.15) is 5.75 Å². The molecule has 0 amide bonds. The first-order valence-corrected chi connectivity index (χ1v) is 10.7. The Morgan fingerprint density at radius 3 is 2.60 bits per heavy atom. The van der Waals surface area contributed by atoms with Gasteiger partial charge in [0, 0.05) is 32.7 Å². The summed E-state index contributed by atoms with van der Waals surface area (Å²) in [5.41, 5.74) is 4.96. The SMILES string of the molecule is CCNC(=NCc1cc(C)cc(OC)c1)NCc1ccccc1CN1CCOCC1. The number of morpholine rings is 1. The van der Waals surface area contributed by atoms with Crippen LogP contribution < -0.4 is 15.4 Å². The maximum Gasteiger partial charge on any atom is 0.191 e. The fourth-order valence-electron chi connectivity index (χ4n) is 3.61. The third-order valence-corrected chi connectivity index (χ3v) is 5.17. The van der Waals surface area contributed by atoms with E-state index in [4.69, 9.17) is 14.5 Å². The predicted molar refractivity (Wildman–Crippen MR) is 122 cm³/mol. The van der Waals surface area contributed by atoms with Crippen molar-refractivity contribution in [3.8, 4) is 5.75 Å². The summed E-state index contributed by atoms with van der Waals surface area (Å²) < 4.78 is 10.9. The minimum absolute atomic E-state index is 0.600. The van der Waals surface area contributed by atoms with Crippen molar-refractivity contribution in [2.45, 2.75) is 33.5 Å². The van der Waals surface area contributed by atoms with Gasteiger partial charge in [0.2, 0.25) is 0 Å². The fraction of sp³-hybridized carbons (Fsp3) is 0.458. The Morgan fingerprint density at radius 2 is 1.87 bits per heavy atom. The van der Waals surface area contributed by atoms with Gasteiger partial charge in [0.15, 0.2) is 5.96 Å². The Morgan fingerprint density at radius 1 is 1.10 bits per heavy atom. The fourth-order valence-corrected chi connectivity index (χ4v) is 3.61. The molecule has 0 spiro atoms. The lowest BCUT2D eigenvalue weighted by Gasteiger charge is -2.27. The Balaban J connectivity index is 1.64. The molecule has 0 saturated carbocycles. The lowest BCUT2D eigenvalue weighted by molar-refractivity contribution is 0.0341. The molecule has 6 heteroatoms. The molecule has 2 N–H and O–H groups in total. The van der Waals surface area contributed by atoms with Gasteiger partial charge in [-0.3, -0.25) is 4.90 Å². The summed E-state index contributed by atoms with van der Waals surface area (Å²) in [6.07, 6.45) is 0. The molecular formula is C24H34N4O2. The Kier molecular flexibility index (Phi) is 8.53. The van der Waals surface area contributed by atoms with E-state index in [1.807, 2.05) is 12.1 Å². The second kappa shape index (κ2) is 11.6. The first kappa shape index (κ1) is 22.1. The zero-order valence-corrected chi connectivity index (χ0v) is 18.4. The number of ether oxygens (including phenoxy) is 2. The van der Waals surface area contributed by atoms with Crippen LogP contribution in [-0.4, -0.2) is 50.8 Å². The molecule has 0 unspecified atom stereocenters. The van der Waals surface area contributed by atoms with E-state index in [9.17, 15) is 0 Å². The Bertz CT molecular complexity index is 832. The largest absolute Gasteiger partial charge is 0.497 e. The molecule has 0 atom stereocenters. The molecule has 3 rings (SSSR count). The summed E-state index contributed by atoms with van der Waals surface area (Å²) >= 11 is 0. The Labute approximate surface area is 180 Å². The van der Waals surface area contributed by atoms with E-state index in [2.05, 4.69) is 59.7 Å². The predicted octanol–water partition coefficient (Wildman–Crippen LogP) is 3.09. The van der Waals surface area contributed by atoms with E-state index >= 15 is 0 Å². The molecule has 0 bridgehead atoms. The van der Waals surface area contributed by atoms with E-state index in [0.717, 1.165) is 63.2 Å². The molecule has 1 aliphatic heterocycles. The van der Waals surface area contributed by atoms with Crippen LogP contribution in [0.3, 0.4) is 0 Å². The summed E-state index contributed by atoms with van der Waals surface area (Å²) in [6, 6.07) is 14.8. The van der Waals surface area contributed by atoms with Gasteiger partial charge in [-0.25, -0.2) is 4.99 Å². The molecule has 1 heterocycles. The average Bonchev–Trinajstić information content (AvgIpc) is 2.77. The summed E-state index contributed by atoms with van der Waals surface area (Å²) in [6.45, 7) is 10.9. The zero-order valence-electron chi connectivity index (χ0n) is 18.4. The van der Waals surface area contributed by atoms with Crippen molar-refractivity contribution in [2.75, 3.05) is 40.0 Å². The van der Waals surface area contributed by atoms with Crippen molar-refractivity contribution in [3.05, 3.63) is 64.7 Å². The van der Waals surface area contributed by atoms with Crippen LogP contribution in [0.4, 0.5) is 0 Å². The van der Waals surface area contributed by atoms with Crippen LogP contribution in [-0.2, 0) is 24.4 Å². The van der Waals surface area contributed by atoms with Crippen LogP contribution in [0, 0.1) is 6.92 Å². The van der Waals surface area contributed by atoms with Crippen LogP contribution in [0.15, 0.2) is 47.5 Å². The van der Waals surface area contributed by atoms with Gasteiger partial charge in [-0.05, 0) is 48.2 Å². The van der Waals surface area contributed by atoms with Gasteiger partial charge in [0.25, 0.3) is 0 Å². The highest BCUT2D eigenvalue weighted by Gasteiger charge is 2.12. The Hall–Kier alpha value is -2.57. The molecule has 1 fully saturated rings. The number of nitrogens with zero attached hydrogens (tertiary/aromatic N) is 2. The van der Waals surface area contributed by atoms with Crippen molar-refractivity contribution < 1.29 is 9.47 Å². The topological polar surface area (TPSA) is 58.1 Å². The first-order chi connectivity index (χ1) is 14.7. The molecule has 2 aromatic rings. The number of methoxy groups -OCH3 is 1. The first-order valence-electron chi connectivity index (χ1n) is 10.7. The van der Waals surface area contributed by atoms with Gasteiger partial charge in [0.05, 0.1) is 26.9 Å². The van der Waals surface area contributed by atoms with E-state index in [1.54, 1.807) is 7.11 Å². The number of nitrogens with one attached hydrogen (secondary N) is 2. The van der Waals surface area contributed by atoms with Crippen molar-refractivity contribution in [3.63, 3.8) is 0 Å². The van der Waals surface area contributed by atoms with Gasteiger partial charge in [-0.15, -0.1) is 0 Å². The number of hydrogen-bond acceptors (Lipinski definition) is 4. The quantitative estimate of drug-likeness (QED) is 0.517. The summed E-state index contributed by atoms with van der Waals surface area (Å²) in [4.78, 5) is 7.22. The number of guanidine groups is 1. The summed E-state index contributed by atoms with van der Waals surface area (Å²) in [7, 11) is 1.70. The zero-order chi connectivity index (χ0) is 21.2. The van der Waals surface area contributed by atoms with Crippen molar-refractivity contribution in [1.29, 1.82) is 0 Å². The van der Waals surface area contributed by atoms with E-state index in [0.29, 0.717) is 6.54 Å². The minimum Gasteiger partial charge on any atom is -0.497 e. The lowest BCUT2D eigenvalue weighted by atomic mass is 10.1. The van der Waals surface area contributed by atoms with Crippen LogP contribution >= 0.6 is 0 Å². The molecule has 1 aliphatic rings. The maximum atomic E-state index is 5.47. The van der Waals surface area contributed by atoms with Gasteiger partial charge < -0.3 is 20.1 Å². The minimum atomic E-state index is 0.600. The van der Waals surface area contributed by atoms with E-state index < -0.39 is 0 Å². The van der Waals surface area contributed by atoms with Crippen LogP contribution in [0.2, 0.25) is 0 Å². The maximum absolute atomic E-state index is 5.47. The number of benzene rings is 2. The second-order valence-electron chi connectivity index (χ2n) is 7.56. The third kappa shape index (κ3) is 6.75. The van der Waals surface area contributed by atoms with Crippen LogP contribution in [0.5, 0.6) is 5.75 Å². The molecule has 2 aromatic carbocycles. The molecule has 6 nitrogen and oxygen atoms in total. The van der Waals surface area contributed by atoms with E-state index in [1.165, 1.54) is 16.7 Å². The van der Waals surface area contributed by atoms with Crippen LogP contribution in [0.1, 0.15) is 29.2 Å². The normalized spacial score (nSPS) is 15.1. The average molecular weight is 411 g/mol. The molecule has 0 aromatic heterocycles. The highest BCUT2D eigenvalue weighted by Crippen LogP contribution is 2.17. The monoisotopic (exact) mass is 410 g/mol. The highest BCUT2D eigenvalue weighted by molar-refractivity contribution is 5.79. The van der Waals surface area contributed by atoms with Gasteiger partial charge in [-0.1, -0.05) is 30.3 Å².